The molecule has 1 fully saturated rings. The largest absolute Gasteiger partial charge is 0.416 e. The molecule has 1 aromatic rings. The molecule has 1 aromatic carbocycles. The zero-order chi connectivity index (χ0) is 14.9. The van der Waals surface area contributed by atoms with Gasteiger partial charge in [0.25, 0.3) is 0 Å². The Balaban J connectivity index is 2.30. The molecule has 0 bridgehead atoms. The van der Waals surface area contributed by atoms with Crippen LogP contribution in [0.15, 0.2) is 18.2 Å². The van der Waals surface area contributed by atoms with Crippen molar-refractivity contribution in [3.8, 4) is 0 Å². The van der Waals surface area contributed by atoms with Gasteiger partial charge in [-0.05, 0) is 31.2 Å². The first-order valence-electron chi connectivity index (χ1n) is 6.25. The molecule has 0 aliphatic carbocycles. The predicted octanol–water partition coefficient (Wildman–Crippen LogP) is 3.07. The number of halogens is 4. The van der Waals surface area contributed by atoms with E-state index in [1.807, 2.05) is 6.92 Å². The van der Waals surface area contributed by atoms with Gasteiger partial charge >= 0.3 is 6.18 Å². The van der Waals surface area contributed by atoms with Crippen LogP contribution in [-0.4, -0.2) is 25.0 Å². The van der Waals surface area contributed by atoms with Crippen LogP contribution in [0.1, 0.15) is 18.9 Å². The molecule has 0 spiro atoms. The number of nitrogens with one attached hydrogen (secondary N) is 1. The first-order chi connectivity index (χ1) is 9.32. The number of carbonyl (C=O) groups excluding carboxylic acids is 1. The number of alkyl halides is 3. The summed E-state index contributed by atoms with van der Waals surface area (Å²) < 4.78 is 38.3. The van der Waals surface area contributed by atoms with Crippen molar-refractivity contribution in [2.45, 2.75) is 25.6 Å². The number of anilines is 1. The lowest BCUT2D eigenvalue weighted by Gasteiger charge is -2.19. The molecule has 3 nitrogen and oxygen atoms in total. The molecule has 7 heteroatoms. The van der Waals surface area contributed by atoms with Crippen LogP contribution in [0.2, 0.25) is 5.02 Å². The molecule has 1 heterocycles. The fraction of sp³-hybridized carbons (Fsp3) is 0.462. The Kier molecular flexibility index (Phi) is 4.25. The smallest absolute Gasteiger partial charge is 0.311 e. The second kappa shape index (κ2) is 5.61. The van der Waals surface area contributed by atoms with E-state index in [0.29, 0.717) is 19.5 Å². The van der Waals surface area contributed by atoms with E-state index in [2.05, 4.69) is 5.32 Å². The number of carbonyl (C=O) groups is 1. The zero-order valence-electron chi connectivity index (χ0n) is 10.8. The maximum Gasteiger partial charge on any atom is 0.416 e. The molecule has 110 valence electrons. The van der Waals surface area contributed by atoms with Crippen molar-refractivity contribution in [3.63, 3.8) is 0 Å². The average Bonchev–Trinajstić information content (AvgIpc) is 2.70. The SMILES string of the molecule is CCNC1CCN(c2cc(Cl)cc(C(F)(F)F)c2)C1=O. The lowest BCUT2D eigenvalue weighted by Crippen LogP contribution is -2.38. The zero-order valence-corrected chi connectivity index (χ0v) is 11.6. The highest BCUT2D eigenvalue weighted by molar-refractivity contribution is 6.31. The summed E-state index contributed by atoms with van der Waals surface area (Å²) in [6.45, 7) is 2.89. The van der Waals surface area contributed by atoms with Gasteiger partial charge in [-0.3, -0.25) is 4.79 Å². The van der Waals surface area contributed by atoms with Gasteiger partial charge in [0, 0.05) is 17.3 Å². The van der Waals surface area contributed by atoms with Crippen molar-refractivity contribution in [3.05, 3.63) is 28.8 Å². The van der Waals surface area contributed by atoms with Crippen LogP contribution in [0.5, 0.6) is 0 Å². The third-order valence-electron chi connectivity index (χ3n) is 3.18. The number of nitrogens with zero attached hydrogens (tertiary/aromatic N) is 1. The van der Waals surface area contributed by atoms with Crippen molar-refractivity contribution in [2.24, 2.45) is 0 Å². The van der Waals surface area contributed by atoms with E-state index in [-0.39, 0.29) is 22.7 Å². The Labute approximate surface area is 119 Å². The molecular weight excluding hydrogens is 293 g/mol. The Bertz CT molecular complexity index is 519. The van der Waals surface area contributed by atoms with E-state index >= 15 is 0 Å². The van der Waals surface area contributed by atoms with Gasteiger partial charge in [-0.25, -0.2) is 0 Å². The van der Waals surface area contributed by atoms with Gasteiger partial charge < -0.3 is 10.2 Å². The quantitative estimate of drug-likeness (QED) is 0.931. The molecule has 0 saturated carbocycles. The van der Waals surface area contributed by atoms with E-state index in [9.17, 15) is 18.0 Å². The van der Waals surface area contributed by atoms with E-state index in [0.717, 1.165) is 12.1 Å². The lowest BCUT2D eigenvalue weighted by atomic mass is 10.2. The second-order valence-corrected chi connectivity index (χ2v) is 5.02. The fourth-order valence-electron chi connectivity index (χ4n) is 2.27. The van der Waals surface area contributed by atoms with Gasteiger partial charge in [-0.2, -0.15) is 13.2 Å². The summed E-state index contributed by atoms with van der Waals surface area (Å²) in [5, 5.41) is 2.97. The molecule has 1 saturated heterocycles. The number of likely N-dealkylation sites (N-methyl/N-ethyl adjacent to an activating group) is 1. The minimum absolute atomic E-state index is 0.0328. The van der Waals surface area contributed by atoms with Gasteiger partial charge in [0.2, 0.25) is 5.91 Å². The molecular formula is C13H14ClF3N2O. The van der Waals surface area contributed by atoms with Crippen LogP contribution in [0.25, 0.3) is 0 Å². The summed E-state index contributed by atoms with van der Waals surface area (Å²) in [7, 11) is 0. The van der Waals surface area contributed by atoms with E-state index in [1.54, 1.807) is 0 Å². The molecule has 1 unspecified atom stereocenters. The van der Waals surface area contributed by atoms with Crippen molar-refractivity contribution in [2.75, 3.05) is 18.0 Å². The number of hydrogen-bond acceptors (Lipinski definition) is 2. The molecule has 1 aliphatic rings. The Morgan fingerprint density at radius 1 is 1.40 bits per heavy atom. The summed E-state index contributed by atoms with van der Waals surface area (Å²) in [5.74, 6) is -0.220. The number of benzene rings is 1. The maximum atomic E-state index is 12.8. The molecule has 0 aromatic heterocycles. The predicted molar refractivity (Wildman–Crippen MR) is 70.9 cm³/mol. The Hall–Kier alpha value is -1.27. The van der Waals surface area contributed by atoms with Crippen LogP contribution in [0.3, 0.4) is 0 Å². The standard InChI is InChI=1S/C13H14ClF3N2O/c1-2-18-11-3-4-19(12(11)20)10-6-8(13(15,16)17)5-9(14)7-10/h5-7,11,18H,2-4H2,1H3. The van der Waals surface area contributed by atoms with E-state index in [4.69, 9.17) is 11.6 Å². The molecule has 1 N–H and O–H groups in total. The fourth-order valence-corrected chi connectivity index (χ4v) is 2.50. The molecule has 1 amide bonds. The van der Waals surface area contributed by atoms with Crippen LogP contribution in [-0.2, 0) is 11.0 Å². The summed E-state index contributed by atoms with van der Waals surface area (Å²) >= 11 is 5.73. The van der Waals surface area contributed by atoms with Gasteiger partial charge in [0.05, 0.1) is 11.6 Å². The third kappa shape index (κ3) is 3.07. The summed E-state index contributed by atoms with van der Waals surface area (Å²) in [5.41, 5.74) is -0.657. The van der Waals surface area contributed by atoms with E-state index < -0.39 is 11.7 Å². The Morgan fingerprint density at radius 3 is 2.70 bits per heavy atom. The summed E-state index contributed by atoms with van der Waals surface area (Å²) in [4.78, 5) is 13.4. The van der Waals surface area contributed by atoms with Crippen molar-refractivity contribution in [1.82, 2.24) is 5.32 Å². The van der Waals surface area contributed by atoms with Gasteiger partial charge in [0.15, 0.2) is 0 Å². The highest BCUT2D eigenvalue weighted by Gasteiger charge is 2.35. The first-order valence-corrected chi connectivity index (χ1v) is 6.63. The number of hydrogen-bond donors (Lipinski definition) is 1. The lowest BCUT2D eigenvalue weighted by molar-refractivity contribution is -0.137. The third-order valence-corrected chi connectivity index (χ3v) is 3.40. The molecule has 1 aliphatic heterocycles. The molecule has 20 heavy (non-hydrogen) atoms. The van der Waals surface area contributed by atoms with Crippen molar-refractivity contribution in [1.29, 1.82) is 0 Å². The van der Waals surface area contributed by atoms with Gasteiger partial charge in [-0.1, -0.05) is 18.5 Å². The number of rotatable bonds is 3. The van der Waals surface area contributed by atoms with Crippen LogP contribution >= 0.6 is 11.6 Å². The monoisotopic (exact) mass is 306 g/mol. The summed E-state index contributed by atoms with van der Waals surface area (Å²) in [6, 6.07) is 2.85. The van der Waals surface area contributed by atoms with E-state index in [1.165, 1.54) is 11.0 Å². The topological polar surface area (TPSA) is 32.3 Å². The minimum Gasteiger partial charge on any atom is -0.311 e. The second-order valence-electron chi connectivity index (χ2n) is 4.58. The van der Waals surface area contributed by atoms with Crippen LogP contribution < -0.4 is 10.2 Å². The molecule has 2 rings (SSSR count). The molecule has 1 atom stereocenters. The van der Waals surface area contributed by atoms with Crippen molar-refractivity contribution >= 4 is 23.2 Å². The van der Waals surface area contributed by atoms with Crippen LogP contribution in [0.4, 0.5) is 18.9 Å². The normalized spacial score (nSPS) is 19.8. The minimum atomic E-state index is -4.48. The highest BCUT2D eigenvalue weighted by atomic mass is 35.5. The summed E-state index contributed by atoms with van der Waals surface area (Å²) in [6.07, 6.45) is -3.91. The number of amides is 1. The van der Waals surface area contributed by atoms with Crippen molar-refractivity contribution < 1.29 is 18.0 Å². The maximum absolute atomic E-state index is 12.8. The van der Waals surface area contributed by atoms with Gasteiger partial charge in [0.1, 0.15) is 0 Å². The first kappa shape index (κ1) is 15.1. The van der Waals surface area contributed by atoms with Gasteiger partial charge in [-0.15, -0.1) is 0 Å². The average molecular weight is 307 g/mol. The highest BCUT2D eigenvalue weighted by Crippen LogP contribution is 2.35. The van der Waals surface area contributed by atoms with Crippen LogP contribution in [0, 0.1) is 0 Å². The Morgan fingerprint density at radius 2 is 2.10 bits per heavy atom. The molecule has 0 radical (unpaired) electrons.